The molecule has 2 N–H and O–H groups in total. The molecule has 2 aliphatic rings. The van der Waals surface area contributed by atoms with Crippen LogP contribution in [0.2, 0.25) is 0 Å². The van der Waals surface area contributed by atoms with E-state index in [4.69, 9.17) is 9.84 Å². The van der Waals surface area contributed by atoms with Gasteiger partial charge in [-0.15, -0.1) is 0 Å². The lowest BCUT2D eigenvalue weighted by Gasteiger charge is -2.29. The lowest BCUT2D eigenvalue weighted by molar-refractivity contribution is -0.144. The molecule has 6 nitrogen and oxygen atoms in total. The number of carboxylic acid groups (broad SMARTS) is 1. The summed E-state index contributed by atoms with van der Waals surface area (Å²) in [5.41, 5.74) is 0. The van der Waals surface area contributed by atoms with Gasteiger partial charge in [0.1, 0.15) is 5.92 Å². The van der Waals surface area contributed by atoms with Crippen LogP contribution in [0.4, 0.5) is 0 Å². The average Bonchev–Trinajstić information content (AvgIpc) is 2.88. The van der Waals surface area contributed by atoms with Crippen molar-refractivity contribution in [3.63, 3.8) is 0 Å². The van der Waals surface area contributed by atoms with Crippen LogP contribution in [0.1, 0.15) is 6.42 Å². The number of nitrogens with one attached hydrogen (secondary N) is 1. The standard InChI is InChI=1S/C12H20N2O4S/c1-14(10-6-18-5-9(10)12(16)17)11(15)4-8-7-19-3-2-13-8/h8-10,13H,2-7H2,1H3,(H,16,17). The molecule has 2 aliphatic heterocycles. The molecule has 0 aliphatic carbocycles. The van der Waals surface area contributed by atoms with Gasteiger partial charge < -0.3 is 20.1 Å². The molecular formula is C12H20N2O4S. The molecular weight excluding hydrogens is 268 g/mol. The van der Waals surface area contributed by atoms with E-state index in [0.717, 1.165) is 18.1 Å². The number of thioether (sulfide) groups is 1. The Morgan fingerprint density at radius 3 is 2.89 bits per heavy atom. The quantitative estimate of drug-likeness (QED) is 0.735. The molecule has 0 aromatic rings. The predicted molar refractivity (Wildman–Crippen MR) is 72.2 cm³/mol. The summed E-state index contributed by atoms with van der Waals surface area (Å²) < 4.78 is 5.20. The Labute approximate surface area is 116 Å². The zero-order valence-electron chi connectivity index (χ0n) is 11.0. The largest absolute Gasteiger partial charge is 0.481 e. The number of hydrogen-bond donors (Lipinski definition) is 2. The lowest BCUT2D eigenvalue weighted by Crippen LogP contribution is -2.47. The Bertz CT molecular complexity index is 347. The molecule has 2 heterocycles. The van der Waals surface area contributed by atoms with E-state index in [1.807, 2.05) is 11.8 Å². The van der Waals surface area contributed by atoms with E-state index >= 15 is 0 Å². The van der Waals surface area contributed by atoms with Crippen molar-refractivity contribution < 1.29 is 19.4 Å². The average molecular weight is 288 g/mol. The Balaban J connectivity index is 1.88. The van der Waals surface area contributed by atoms with Gasteiger partial charge in [0.05, 0.1) is 19.3 Å². The highest BCUT2D eigenvalue weighted by atomic mass is 32.2. The Morgan fingerprint density at radius 2 is 2.26 bits per heavy atom. The summed E-state index contributed by atoms with van der Waals surface area (Å²) >= 11 is 1.84. The summed E-state index contributed by atoms with van der Waals surface area (Å²) in [6.45, 7) is 1.43. The van der Waals surface area contributed by atoms with Crippen LogP contribution in [0, 0.1) is 5.92 Å². The van der Waals surface area contributed by atoms with E-state index in [1.54, 1.807) is 11.9 Å². The fraction of sp³-hybridized carbons (Fsp3) is 0.833. The number of nitrogens with zero attached hydrogens (tertiary/aromatic N) is 1. The minimum atomic E-state index is -0.895. The van der Waals surface area contributed by atoms with Crippen LogP contribution < -0.4 is 5.32 Å². The van der Waals surface area contributed by atoms with E-state index in [-0.39, 0.29) is 24.6 Å². The number of rotatable bonds is 4. The topological polar surface area (TPSA) is 78.9 Å². The van der Waals surface area contributed by atoms with E-state index < -0.39 is 11.9 Å². The Kier molecular flexibility index (Phi) is 5.06. The molecule has 2 rings (SSSR count). The van der Waals surface area contributed by atoms with Gasteiger partial charge >= 0.3 is 5.97 Å². The summed E-state index contributed by atoms with van der Waals surface area (Å²) in [4.78, 5) is 24.8. The molecule has 0 radical (unpaired) electrons. The van der Waals surface area contributed by atoms with Crippen molar-refractivity contribution >= 4 is 23.6 Å². The second-order valence-corrected chi connectivity index (χ2v) is 6.13. The van der Waals surface area contributed by atoms with Crippen molar-refractivity contribution in [2.75, 3.05) is 38.3 Å². The molecule has 3 unspecified atom stereocenters. The number of carbonyl (C=O) groups excluding carboxylic acids is 1. The predicted octanol–water partition coefficient (Wildman–Crippen LogP) is -0.360. The van der Waals surface area contributed by atoms with Crippen LogP contribution in [0.15, 0.2) is 0 Å². The van der Waals surface area contributed by atoms with Gasteiger partial charge in [0.15, 0.2) is 0 Å². The van der Waals surface area contributed by atoms with Crippen molar-refractivity contribution in [3.8, 4) is 0 Å². The van der Waals surface area contributed by atoms with E-state index in [1.165, 1.54) is 0 Å². The van der Waals surface area contributed by atoms with Gasteiger partial charge in [-0.05, 0) is 0 Å². The fourth-order valence-electron chi connectivity index (χ4n) is 2.45. The number of carbonyl (C=O) groups is 2. The number of hydrogen-bond acceptors (Lipinski definition) is 5. The Hall–Kier alpha value is -0.790. The van der Waals surface area contributed by atoms with Crippen LogP contribution >= 0.6 is 11.8 Å². The highest BCUT2D eigenvalue weighted by Gasteiger charge is 2.38. The molecule has 19 heavy (non-hydrogen) atoms. The smallest absolute Gasteiger partial charge is 0.311 e. The van der Waals surface area contributed by atoms with Crippen LogP contribution in [0.5, 0.6) is 0 Å². The maximum Gasteiger partial charge on any atom is 0.311 e. The zero-order valence-corrected chi connectivity index (χ0v) is 11.8. The van der Waals surface area contributed by atoms with Gasteiger partial charge in [-0.3, -0.25) is 9.59 Å². The van der Waals surface area contributed by atoms with Crippen LogP contribution in [-0.2, 0) is 14.3 Å². The molecule has 108 valence electrons. The number of ether oxygens (including phenoxy) is 1. The highest BCUT2D eigenvalue weighted by Crippen LogP contribution is 2.20. The van der Waals surface area contributed by atoms with Gasteiger partial charge in [-0.2, -0.15) is 11.8 Å². The summed E-state index contributed by atoms with van der Waals surface area (Å²) in [6.07, 6.45) is 0.423. The molecule has 1 amide bonds. The summed E-state index contributed by atoms with van der Waals surface area (Å²) in [5, 5.41) is 12.4. The van der Waals surface area contributed by atoms with Gasteiger partial charge in [0.25, 0.3) is 0 Å². The minimum absolute atomic E-state index is 0.0123. The van der Waals surface area contributed by atoms with Gasteiger partial charge in [-0.1, -0.05) is 0 Å². The maximum atomic E-state index is 12.2. The normalized spacial score (nSPS) is 31.1. The second kappa shape index (κ2) is 6.58. The molecule has 0 bridgehead atoms. The van der Waals surface area contributed by atoms with Crippen molar-refractivity contribution in [2.24, 2.45) is 5.92 Å². The number of carboxylic acids is 1. The summed E-state index contributed by atoms with van der Waals surface area (Å²) in [6, 6.07) is -0.152. The minimum Gasteiger partial charge on any atom is -0.481 e. The van der Waals surface area contributed by atoms with Crippen molar-refractivity contribution in [3.05, 3.63) is 0 Å². The number of aliphatic carboxylic acids is 1. The van der Waals surface area contributed by atoms with Crippen molar-refractivity contribution in [1.82, 2.24) is 10.2 Å². The number of likely N-dealkylation sites (N-methyl/N-ethyl adjacent to an activating group) is 1. The zero-order chi connectivity index (χ0) is 13.8. The molecule has 0 spiro atoms. The first kappa shape index (κ1) is 14.6. The first-order chi connectivity index (χ1) is 9.09. The van der Waals surface area contributed by atoms with Crippen LogP contribution in [0.3, 0.4) is 0 Å². The van der Waals surface area contributed by atoms with E-state index in [2.05, 4.69) is 5.32 Å². The second-order valence-electron chi connectivity index (χ2n) is 4.98. The van der Waals surface area contributed by atoms with E-state index in [9.17, 15) is 9.59 Å². The van der Waals surface area contributed by atoms with Crippen LogP contribution in [0.25, 0.3) is 0 Å². The van der Waals surface area contributed by atoms with E-state index in [0.29, 0.717) is 13.0 Å². The third-order valence-corrected chi connectivity index (χ3v) is 4.81. The molecule has 0 saturated carbocycles. The maximum absolute atomic E-state index is 12.2. The van der Waals surface area contributed by atoms with Crippen LogP contribution in [-0.4, -0.2) is 72.3 Å². The lowest BCUT2D eigenvalue weighted by atomic mass is 10.0. The third-order valence-electron chi connectivity index (χ3n) is 3.68. The van der Waals surface area contributed by atoms with Crippen molar-refractivity contribution in [2.45, 2.75) is 18.5 Å². The third kappa shape index (κ3) is 3.61. The van der Waals surface area contributed by atoms with Crippen molar-refractivity contribution in [1.29, 1.82) is 0 Å². The molecule has 3 atom stereocenters. The molecule has 7 heteroatoms. The fourth-order valence-corrected chi connectivity index (χ4v) is 3.40. The monoisotopic (exact) mass is 288 g/mol. The van der Waals surface area contributed by atoms with Gasteiger partial charge in [0.2, 0.25) is 5.91 Å². The molecule has 2 saturated heterocycles. The van der Waals surface area contributed by atoms with Gasteiger partial charge in [-0.25, -0.2) is 0 Å². The first-order valence-electron chi connectivity index (χ1n) is 6.47. The SMILES string of the molecule is CN(C(=O)CC1CSCCN1)C1COCC1C(=O)O. The Morgan fingerprint density at radius 1 is 1.47 bits per heavy atom. The first-order valence-corrected chi connectivity index (χ1v) is 7.62. The summed E-state index contributed by atoms with van der Waals surface area (Å²) in [7, 11) is 1.67. The number of amides is 1. The summed E-state index contributed by atoms with van der Waals surface area (Å²) in [5.74, 6) is 0.499. The molecule has 0 aromatic carbocycles. The van der Waals surface area contributed by atoms with Gasteiger partial charge in [0, 0.05) is 37.6 Å². The molecule has 2 fully saturated rings. The highest BCUT2D eigenvalue weighted by molar-refractivity contribution is 7.99. The molecule has 0 aromatic heterocycles.